The Morgan fingerprint density at radius 3 is 2.37 bits per heavy atom. The summed E-state index contributed by atoms with van der Waals surface area (Å²) in [6, 6.07) is 18.5. The van der Waals surface area contributed by atoms with Crippen LogP contribution in [0.2, 0.25) is 0 Å². The van der Waals surface area contributed by atoms with Crippen molar-refractivity contribution in [1.82, 2.24) is 25.6 Å². The summed E-state index contributed by atoms with van der Waals surface area (Å²) in [7, 11) is 0. The number of alkyl carbamates (subject to hydrolysis) is 1. The molecule has 1 heterocycles. The van der Waals surface area contributed by atoms with Gasteiger partial charge in [0.25, 0.3) is 0 Å². The van der Waals surface area contributed by atoms with E-state index >= 15 is 0 Å². The van der Waals surface area contributed by atoms with E-state index in [9.17, 15) is 9.59 Å². The number of aromatic nitrogens is 3. The van der Waals surface area contributed by atoms with Crippen LogP contribution in [0.5, 0.6) is 0 Å². The number of anilines is 1. The first-order chi connectivity index (χ1) is 14.7. The van der Waals surface area contributed by atoms with E-state index < -0.39 is 6.09 Å². The molecule has 0 bridgehead atoms. The predicted molar refractivity (Wildman–Crippen MR) is 110 cm³/mol. The molecular formula is C21H22N6O3. The molecule has 4 rings (SSSR count). The summed E-state index contributed by atoms with van der Waals surface area (Å²) in [5.74, 6) is 0.356. The minimum atomic E-state index is -0.454. The predicted octanol–water partition coefficient (Wildman–Crippen LogP) is 2.85. The van der Waals surface area contributed by atoms with Gasteiger partial charge in [-0.05, 0) is 30.5 Å². The highest BCUT2D eigenvalue weighted by Crippen LogP contribution is 2.20. The molecule has 0 aliphatic heterocycles. The van der Waals surface area contributed by atoms with Crippen molar-refractivity contribution in [1.29, 1.82) is 0 Å². The molecule has 2 aromatic carbocycles. The maximum absolute atomic E-state index is 12.1. The molecule has 1 fully saturated rings. The van der Waals surface area contributed by atoms with Crippen LogP contribution in [0.4, 0.5) is 15.4 Å². The van der Waals surface area contributed by atoms with Crippen LogP contribution in [-0.2, 0) is 11.3 Å². The first-order valence-electron chi connectivity index (χ1n) is 9.68. The maximum Gasteiger partial charge on any atom is 0.407 e. The number of carbonyl (C=O) groups is 2. The largest absolute Gasteiger partial charge is 0.445 e. The zero-order chi connectivity index (χ0) is 20.8. The van der Waals surface area contributed by atoms with Gasteiger partial charge in [-0.15, -0.1) is 9.90 Å². The molecule has 3 N–H and O–H groups in total. The monoisotopic (exact) mass is 406 g/mol. The summed E-state index contributed by atoms with van der Waals surface area (Å²) in [5, 5.41) is 16.7. The number of para-hydroxylation sites is 1. The van der Waals surface area contributed by atoms with Gasteiger partial charge < -0.3 is 15.4 Å². The normalized spacial score (nSPS) is 17.5. The van der Waals surface area contributed by atoms with E-state index in [0.29, 0.717) is 18.7 Å². The topological polar surface area (TPSA) is 110 Å². The van der Waals surface area contributed by atoms with Crippen molar-refractivity contribution in [2.75, 3.05) is 5.32 Å². The summed E-state index contributed by atoms with van der Waals surface area (Å²) in [5.41, 5.74) is 1.74. The zero-order valence-corrected chi connectivity index (χ0v) is 16.2. The first-order valence-corrected chi connectivity index (χ1v) is 9.68. The number of nitrogens with one attached hydrogen (secondary N) is 3. The van der Waals surface area contributed by atoms with Crippen molar-refractivity contribution in [2.24, 2.45) is 0 Å². The van der Waals surface area contributed by atoms with Gasteiger partial charge in [-0.2, -0.15) is 5.10 Å². The number of ether oxygens (including phenoxy) is 1. The quantitative estimate of drug-likeness (QED) is 0.583. The molecule has 3 amide bonds. The van der Waals surface area contributed by atoms with Gasteiger partial charge in [0.2, 0.25) is 0 Å². The molecule has 9 heteroatoms. The van der Waals surface area contributed by atoms with Gasteiger partial charge in [-0.25, -0.2) is 9.59 Å². The third-order valence-electron chi connectivity index (χ3n) is 4.73. The molecule has 0 radical (unpaired) electrons. The number of carbonyl (C=O) groups excluding carboxylic acids is 2. The number of amides is 3. The number of nitrogens with zero attached hydrogens (tertiary/aromatic N) is 3. The van der Waals surface area contributed by atoms with Crippen LogP contribution in [0.1, 0.15) is 18.4 Å². The minimum Gasteiger partial charge on any atom is -0.445 e. The van der Waals surface area contributed by atoms with Gasteiger partial charge in [0.15, 0.2) is 5.82 Å². The standard InChI is InChI=1S/C21H22N6O3/c28-20(25-19-13-22-27(26-19)18-9-5-2-6-10-18)23-16-11-17(12-16)24-21(29)30-14-15-7-3-1-4-8-15/h1-10,13,16-17H,11-12,14H2,(H,24,29)(H2,23,25,26,28). The number of urea groups is 1. The third kappa shape index (κ3) is 5.13. The molecule has 1 aromatic heterocycles. The van der Waals surface area contributed by atoms with E-state index in [1.165, 1.54) is 11.0 Å². The Labute approximate surface area is 173 Å². The molecule has 1 aliphatic rings. The Bertz CT molecular complexity index is 986. The number of rotatable bonds is 6. The van der Waals surface area contributed by atoms with Crippen molar-refractivity contribution >= 4 is 17.9 Å². The molecule has 1 aliphatic carbocycles. The average Bonchev–Trinajstić information content (AvgIpc) is 3.20. The lowest BCUT2D eigenvalue weighted by Crippen LogP contribution is -2.54. The van der Waals surface area contributed by atoms with Gasteiger partial charge in [-0.3, -0.25) is 5.32 Å². The molecule has 0 unspecified atom stereocenters. The lowest BCUT2D eigenvalue weighted by Gasteiger charge is -2.35. The molecule has 3 aromatic rings. The Morgan fingerprint density at radius 2 is 1.63 bits per heavy atom. The summed E-state index contributed by atoms with van der Waals surface area (Å²) in [4.78, 5) is 25.4. The lowest BCUT2D eigenvalue weighted by molar-refractivity contribution is 0.126. The molecule has 0 spiro atoms. The van der Waals surface area contributed by atoms with E-state index in [1.807, 2.05) is 60.7 Å². The second-order valence-electron chi connectivity index (χ2n) is 7.02. The van der Waals surface area contributed by atoms with Crippen molar-refractivity contribution in [3.8, 4) is 5.69 Å². The van der Waals surface area contributed by atoms with Crippen LogP contribution in [-0.4, -0.2) is 39.2 Å². The van der Waals surface area contributed by atoms with Crippen molar-refractivity contribution in [2.45, 2.75) is 31.5 Å². The summed E-state index contributed by atoms with van der Waals surface area (Å²) in [6.07, 6.45) is 2.32. The van der Waals surface area contributed by atoms with Crippen LogP contribution in [0.15, 0.2) is 66.9 Å². The van der Waals surface area contributed by atoms with Crippen LogP contribution in [0, 0.1) is 0 Å². The zero-order valence-electron chi connectivity index (χ0n) is 16.2. The number of hydrogen-bond donors (Lipinski definition) is 3. The van der Waals surface area contributed by atoms with Crippen molar-refractivity contribution in [3.63, 3.8) is 0 Å². The fraction of sp³-hybridized carbons (Fsp3) is 0.238. The molecule has 0 atom stereocenters. The number of hydrogen-bond acceptors (Lipinski definition) is 5. The average molecular weight is 406 g/mol. The second-order valence-corrected chi connectivity index (χ2v) is 7.02. The summed E-state index contributed by atoms with van der Waals surface area (Å²) < 4.78 is 5.20. The van der Waals surface area contributed by atoms with Gasteiger partial charge >= 0.3 is 12.1 Å². The molecule has 1 saturated carbocycles. The van der Waals surface area contributed by atoms with Crippen molar-refractivity contribution < 1.29 is 14.3 Å². The fourth-order valence-electron chi connectivity index (χ4n) is 3.13. The van der Waals surface area contributed by atoms with E-state index in [1.54, 1.807) is 0 Å². The van der Waals surface area contributed by atoms with Crippen LogP contribution < -0.4 is 16.0 Å². The smallest absolute Gasteiger partial charge is 0.407 e. The lowest BCUT2D eigenvalue weighted by atomic mass is 9.87. The maximum atomic E-state index is 12.1. The Kier molecular flexibility index (Phi) is 5.88. The molecule has 0 saturated heterocycles. The fourth-order valence-corrected chi connectivity index (χ4v) is 3.13. The minimum absolute atomic E-state index is 0.0162. The van der Waals surface area contributed by atoms with Gasteiger partial charge in [0.1, 0.15) is 6.61 Å². The first kappa shape index (κ1) is 19.4. The highest BCUT2D eigenvalue weighted by Gasteiger charge is 2.32. The van der Waals surface area contributed by atoms with Crippen LogP contribution in [0.25, 0.3) is 5.69 Å². The third-order valence-corrected chi connectivity index (χ3v) is 4.73. The Morgan fingerprint density at radius 1 is 0.967 bits per heavy atom. The SMILES string of the molecule is O=C(Nc1cnn(-c2ccccc2)n1)NC1CC(NC(=O)OCc2ccccc2)C1. The van der Waals surface area contributed by atoms with Gasteiger partial charge in [-0.1, -0.05) is 48.5 Å². The van der Waals surface area contributed by atoms with E-state index in [2.05, 4.69) is 26.1 Å². The van der Waals surface area contributed by atoms with Crippen LogP contribution >= 0.6 is 0 Å². The van der Waals surface area contributed by atoms with Gasteiger partial charge in [0, 0.05) is 12.1 Å². The van der Waals surface area contributed by atoms with E-state index in [0.717, 1.165) is 11.3 Å². The summed E-state index contributed by atoms with van der Waals surface area (Å²) in [6.45, 7) is 0.229. The highest BCUT2D eigenvalue weighted by atomic mass is 16.5. The van der Waals surface area contributed by atoms with Crippen LogP contribution in [0.3, 0.4) is 0 Å². The Hall–Kier alpha value is -3.88. The van der Waals surface area contributed by atoms with Gasteiger partial charge in [0.05, 0.1) is 11.9 Å². The summed E-state index contributed by atoms with van der Waals surface area (Å²) >= 11 is 0. The Balaban J connectivity index is 1.15. The van der Waals surface area contributed by atoms with E-state index in [-0.39, 0.29) is 24.7 Å². The molecular weight excluding hydrogens is 384 g/mol. The van der Waals surface area contributed by atoms with Crippen molar-refractivity contribution in [3.05, 3.63) is 72.4 Å². The molecule has 30 heavy (non-hydrogen) atoms. The number of benzene rings is 2. The molecule has 154 valence electrons. The van der Waals surface area contributed by atoms with E-state index in [4.69, 9.17) is 4.74 Å². The molecule has 9 nitrogen and oxygen atoms in total. The second kappa shape index (κ2) is 9.08. The highest BCUT2D eigenvalue weighted by molar-refractivity contribution is 5.88.